The molecule has 122 valence electrons. The average Bonchev–Trinajstić information content (AvgIpc) is 2.97. The van der Waals surface area contributed by atoms with Crippen LogP contribution < -0.4 is 9.47 Å². The maximum absolute atomic E-state index is 12.2. The van der Waals surface area contributed by atoms with Gasteiger partial charge in [-0.2, -0.15) is 0 Å². The van der Waals surface area contributed by atoms with Gasteiger partial charge < -0.3 is 18.7 Å². The third-order valence-electron chi connectivity index (χ3n) is 3.11. The number of rotatable bonds is 6. The van der Waals surface area contributed by atoms with E-state index >= 15 is 0 Å². The zero-order valence-electron chi connectivity index (χ0n) is 13.6. The van der Waals surface area contributed by atoms with Crippen LogP contribution in [0.2, 0.25) is 0 Å². The average molecular weight is 317 g/mol. The monoisotopic (exact) mass is 317 g/mol. The van der Waals surface area contributed by atoms with Gasteiger partial charge in [0.05, 0.1) is 25.5 Å². The number of ether oxygens (including phenoxy) is 3. The molecule has 0 aliphatic heterocycles. The van der Waals surface area contributed by atoms with Gasteiger partial charge in [-0.3, -0.25) is 0 Å². The van der Waals surface area contributed by atoms with E-state index in [-0.39, 0.29) is 6.61 Å². The summed E-state index contributed by atoms with van der Waals surface area (Å²) >= 11 is 0. The molecule has 0 atom stereocenters. The number of aryl methyl sites for hydroxylation is 1. The summed E-state index contributed by atoms with van der Waals surface area (Å²) in [5.41, 5.74) is 1.83. The van der Waals surface area contributed by atoms with E-state index in [1.165, 1.54) is 7.11 Å². The summed E-state index contributed by atoms with van der Waals surface area (Å²) in [6, 6.07) is 4.99. The van der Waals surface area contributed by atoms with Gasteiger partial charge in [-0.05, 0) is 26.0 Å². The Balaban J connectivity index is 2.23. The number of esters is 1. The van der Waals surface area contributed by atoms with Gasteiger partial charge in [-0.25, -0.2) is 4.79 Å². The maximum Gasteiger partial charge on any atom is 0.338 e. The lowest BCUT2D eigenvalue weighted by Crippen LogP contribution is -2.06. The SMILES string of the molecule is CC=Cc1cc(C(=O)OCc2cc(C)no2)cc(OC)c1OC. The second kappa shape index (κ2) is 7.49. The zero-order valence-corrected chi connectivity index (χ0v) is 13.6. The molecular formula is C17H19NO5. The predicted molar refractivity (Wildman–Crippen MR) is 84.6 cm³/mol. The molecule has 1 heterocycles. The van der Waals surface area contributed by atoms with Crippen molar-refractivity contribution in [1.29, 1.82) is 0 Å². The molecule has 23 heavy (non-hydrogen) atoms. The molecule has 2 rings (SSSR count). The number of aromatic nitrogens is 1. The van der Waals surface area contributed by atoms with E-state index in [0.29, 0.717) is 22.8 Å². The van der Waals surface area contributed by atoms with Crippen molar-refractivity contribution >= 4 is 12.0 Å². The highest BCUT2D eigenvalue weighted by atomic mass is 16.5. The van der Waals surface area contributed by atoms with E-state index in [1.807, 2.05) is 19.1 Å². The fourth-order valence-corrected chi connectivity index (χ4v) is 2.12. The molecule has 0 saturated heterocycles. The first-order chi connectivity index (χ1) is 11.1. The summed E-state index contributed by atoms with van der Waals surface area (Å²) in [5, 5.41) is 3.74. The van der Waals surface area contributed by atoms with Crippen molar-refractivity contribution in [3.63, 3.8) is 0 Å². The van der Waals surface area contributed by atoms with Crippen LogP contribution in [0.25, 0.3) is 6.08 Å². The largest absolute Gasteiger partial charge is 0.493 e. The summed E-state index contributed by atoms with van der Waals surface area (Å²) < 4.78 is 20.9. The molecule has 0 bridgehead atoms. The number of carbonyl (C=O) groups is 1. The van der Waals surface area contributed by atoms with Crippen molar-refractivity contribution in [2.45, 2.75) is 20.5 Å². The van der Waals surface area contributed by atoms with Gasteiger partial charge in [-0.1, -0.05) is 17.3 Å². The Bertz CT molecular complexity index is 718. The van der Waals surface area contributed by atoms with Crippen LogP contribution in [0.5, 0.6) is 11.5 Å². The number of allylic oxidation sites excluding steroid dienone is 1. The Hall–Kier alpha value is -2.76. The van der Waals surface area contributed by atoms with Gasteiger partial charge in [-0.15, -0.1) is 0 Å². The summed E-state index contributed by atoms with van der Waals surface area (Å²) in [6.45, 7) is 3.70. The smallest absolute Gasteiger partial charge is 0.338 e. The van der Waals surface area contributed by atoms with Crippen molar-refractivity contribution < 1.29 is 23.5 Å². The molecule has 0 N–H and O–H groups in total. The molecule has 6 heteroatoms. The van der Waals surface area contributed by atoms with Gasteiger partial charge in [0.1, 0.15) is 0 Å². The number of hydrogen-bond acceptors (Lipinski definition) is 6. The molecule has 0 radical (unpaired) electrons. The Morgan fingerprint density at radius 3 is 2.61 bits per heavy atom. The fourth-order valence-electron chi connectivity index (χ4n) is 2.12. The highest BCUT2D eigenvalue weighted by Crippen LogP contribution is 2.33. The quantitative estimate of drug-likeness (QED) is 0.761. The lowest BCUT2D eigenvalue weighted by Gasteiger charge is -2.12. The van der Waals surface area contributed by atoms with Crippen LogP contribution in [0.1, 0.15) is 34.3 Å². The molecular weight excluding hydrogens is 298 g/mol. The lowest BCUT2D eigenvalue weighted by molar-refractivity contribution is 0.0437. The molecule has 0 spiro atoms. The van der Waals surface area contributed by atoms with Crippen molar-refractivity contribution in [3.8, 4) is 11.5 Å². The minimum absolute atomic E-state index is 0.0208. The van der Waals surface area contributed by atoms with E-state index in [1.54, 1.807) is 32.2 Å². The van der Waals surface area contributed by atoms with Crippen LogP contribution in [0.15, 0.2) is 28.8 Å². The molecule has 2 aromatic rings. The van der Waals surface area contributed by atoms with E-state index in [0.717, 1.165) is 11.3 Å². The number of methoxy groups -OCH3 is 2. The molecule has 0 saturated carbocycles. The molecule has 1 aromatic heterocycles. The number of hydrogen-bond donors (Lipinski definition) is 0. The van der Waals surface area contributed by atoms with E-state index in [9.17, 15) is 4.79 Å². The first-order valence-electron chi connectivity index (χ1n) is 7.07. The van der Waals surface area contributed by atoms with E-state index < -0.39 is 5.97 Å². The van der Waals surface area contributed by atoms with Crippen molar-refractivity contribution in [2.75, 3.05) is 14.2 Å². The third kappa shape index (κ3) is 3.91. The molecule has 1 aromatic carbocycles. The summed E-state index contributed by atoms with van der Waals surface area (Å²) in [4.78, 5) is 12.2. The molecule has 0 aliphatic rings. The zero-order chi connectivity index (χ0) is 16.8. The maximum atomic E-state index is 12.2. The van der Waals surface area contributed by atoms with Crippen LogP contribution in [-0.4, -0.2) is 25.3 Å². The molecule has 0 fully saturated rings. The lowest BCUT2D eigenvalue weighted by atomic mass is 10.1. The van der Waals surface area contributed by atoms with Crippen LogP contribution in [0, 0.1) is 6.92 Å². The first kappa shape index (κ1) is 16.6. The Kier molecular flexibility index (Phi) is 5.41. The van der Waals surface area contributed by atoms with Crippen molar-refractivity contribution in [1.82, 2.24) is 5.16 Å². The van der Waals surface area contributed by atoms with E-state index in [2.05, 4.69) is 5.16 Å². The van der Waals surface area contributed by atoms with Gasteiger partial charge in [0, 0.05) is 11.6 Å². The fraction of sp³-hybridized carbons (Fsp3) is 0.294. The second-order valence-electron chi connectivity index (χ2n) is 4.81. The number of carbonyl (C=O) groups excluding carboxylic acids is 1. The van der Waals surface area contributed by atoms with E-state index in [4.69, 9.17) is 18.7 Å². The molecule has 0 aliphatic carbocycles. The number of nitrogens with zero attached hydrogens (tertiary/aromatic N) is 1. The van der Waals surface area contributed by atoms with Crippen LogP contribution in [0.4, 0.5) is 0 Å². The normalized spacial score (nSPS) is 10.8. The highest BCUT2D eigenvalue weighted by Gasteiger charge is 2.16. The van der Waals surface area contributed by atoms with Gasteiger partial charge in [0.2, 0.25) is 0 Å². The standard InChI is InChI=1S/C17H19NO5/c1-5-6-12-8-13(9-15(20-3)16(12)21-4)17(19)22-10-14-7-11(2)18-23-14/h5-9H,10H2,1-4H3. The van der Waals surface area contributed by atoms with Crippen molar-refractivity contribution in [3.05, 3.63) is 46.9 Å². The molecule has 6 nitrogen and oxygen atoms in total. The Labute approximate surface area is 134 Å². The Morgan fingerprint density at radius 1 is 1.26 bits per heavy atom. The number of benzene rings is 1. The van der Waals surface area contributed by atoms with Gasteiger partial charge >= 0.3 is 5.97 Å². The molecule has 0 unspecified atom stereocenters. The van der Waals surface area contributed by atoms with Crippen LogP contribution in [-0.2, 0) is 11.3 Å². The van der Waals surface area contributed by atoms with Crippen LogP contribution in [0.3, 0.4) is 0 Å². The Morgan fingerprint density at radius 2 is 2.04 bits per heavy atom. The highest BCUT2D eigenvalue weighted by molar-refractivity contribution is 5.91. The predicted octanol–water partition coefficient (Wildman–Crippen LogP) is 3.39. The first-order valence-corrected chi connectivity index (χ1v) is 7.07. The minimum Gasteiger partial charge on any atom is -0.493 e. The van der Waals surface area contributed by atoms with Gasteiger partial charge in [0.15, 0.2) is 23.9 Å². The van der Waals surface area contributed by atoms with Crippen molar-refractivity contribution in [2.24, 2.45) is 0 Å². The summed E-state index contributed by atoms with van der Waals surface area (Å²) in [5.74, 6) is 1.04. The van der Waals surface area contributed by atoms with Crippen LogP contribution >= 0.6 is 0 Å². The topological polar surface area (TPSA) is 70.8 Å². The van der Waals surface area contributed by atoms with Gasteiger partial charge in [0.25, 0.3) is 0 Å². The molecule has 0 amide bonds. The minimum atomic E-state index is -0.481. The summed E-state index contributed by atoms with van der Waals surface area (Å²) in [6.07, 6.45) is 3.68. The third-order valence-corrected chi connectivity index (χ3v) is 3.11. The summed E-state index contributed by atoms with van der Waals surface area (Å²) in [7, 11) is 3.07. The second-order valence-corrected chi connectivity index (χ2v) is 4.81.